The molecule has 2 aliphatic heterocycles. The topological polar surface area (TPSA) is 125 Å². The number of hydrogen-bond acceptors (Lipinski definition) is 5. The smallest absolute Gasteiger partial charge is 0.309 e. The molecule has 1 aromatic rings. The molecule has 124 valence electrons. The highest BCUT2D eigenvalue weighted by Crippen LogP contribution is 2.34. The van der Waals surface area contributed by atoms with Gasteiger partial charge in [-0.3, -0.25) is 25.0 Å². The molecule has 0 aromatic heterocycles. The molecule has 0 bridgehead atoms. The summed E-state index contributed by atoms with van der Waals surface area (Å²) in [7, 11) is 0. The van der Waals surface area contributed by atoms with Crippen LogP contribution in [0.1, 0.15) is 18.9 Å². The van der Waals surface area contributed by atoms with Gasteiger partial charge in [0.1, 0.15) is 0 Å². The van der Waals surface area contributed by atoms with E-state index in [-0.39, 0.29) is 6.42 Å². The van der Waals surface area contributed by atoms with Crippen LogP contribution in [0.25, 0.3) is 0 Å². The summed E-state index contributed by atoms with van der Waals surface area (Å²) in [5, 5.41) is 6.26. The van der Waals surface area contributed by atoms with Gasteiger partial charge in [0, 0.05) is 0 Å². The minimum Gasteiger partial charge on any atom is -0.309 e. The van der Waals surface area contributed by atoms with Gasteiger partial charge in [-0.15, -0.1) is 0 Å². The van der Waals surface area contributed by atoms with Crippen molar-refractivity contribution in [2.24, 2.45) is 0 Å². The van der Waals surface area contributed by atoms with Crippen molar-refractivity contribution in [3.05, 3.63) is 35.9 Å². The zero-order valence-electron chi connectivity index (χ0n) is 12.7. The molecule has 0 aliphatic carbocycles. The van der Waals surface area contributed by atoms with E-state index in [2.05, 4.69) is 10.6 Å². The van der Waals surface area contributed by atoms with Crippen LogP contribution in [0.3, 0.4) is 0 Å². The SMILES string of the molecule is CC[C@@]1(c2ccccc2)C(=O)NC(=O)N(C2NC(=O)NC2=O)C1=O. The van der Waals surface area contributed by atoms with E-state index < -0.39 is 41.4 Å². The van der Waals surface area contributed by atoms with Crippen molar-refractivity contribution < 1.29 is 24.0 Å². The first-order chi connectivity index (χ1) is 11.4. The van der Waals surface area contributed by atoms with E-state index in [0.717, 1.165) is 0 Å². The van der Waals surface area contributed by atoms with Crippen molar-refractivity contribution in [3.63, 3.8) is 0 Å². The Kier molecular flexibility index (Phi) is 3.55. The molecule has 3 rings (SSSR count). The zero-order valence-corrected chi connectivity index (χ0v) is 12.7. The van der Waals surface area contributed by atoms with Crippen molar-refractivity contribution in [3.8, 4) is 0 Å². The summed E-state index contributed by atoms with van der Waals surface area (Å²) in [5.41, 5.74) is -1.25. The normalized spacial score (nSPS) is 27.0. The second-order valence-electron chi connectivity index (χ2n) is 5.42. The van der Waals surface area contributed by atoms with Crippen molar-refractivity contribution >= 4 is 29.8 Å². The quantitative estimate of drug-likeness (QED) is 0.513. The second-order valence-corrected chi connectivity index (χ2v) is 5.42. The lowest BCUT2D eigenvalue weighted by Gasteiger charge is -2.40. The molecule has 1 unspecified atom stereocenters. The molecule has 2 saturated heterocycles. The fraction of sp³-hybridized carbons (Fsp3) is 0.267. The van der Waals surface area contributed by atoms with Crippen LogP contribution in [0.2, 0.25) is 0 Å². The Morgan fingerprint density at radius 1 is 1.04 bits per heavy atom. The third kappa shape index (κ3) is 2.05. The molecular weight excluding hydrogens is 316 g/mol. The summed E-state index contributed by atoms with van der Waals surface area (Å²) in [6.07, 6.45) is -1.42. The number of carbonyl (C=O) groups excluding carboxylic acids is 5. The van der Waals surface area contributed by atoms with Crippen molar-refractivity contribution in [1.29, 1.82) is 0 Å². The molecule has 2 atom stereocenters. The Hall–Kier alpha value is -3.23. The summed E-state index contributed by atoms with van der Waals surface area (Å²) < 4.78 is 0. The summed E-state index contributed by atoms with van der Waals surface area (Å²) in [4.78, 5) is 61.4. The van der Waals surface area contributed by atoms with Gasteiger partial charge in [-0.05, 0) is 12.0 Å². The van der Waals surface area contributed by atoms with Gasteiger partial charge in [0.15, 0.2) is 11.6 Å². The fourth-order valence-corrected chi connectivity index (χ4v) is 2.97. The lowest BCUT2D eigenvalue weighted by molar-refractivity contribution is -0.149. The lowest BCUT2D eigenvalue weighted by Crippen LogP contribution is -2.70. The van der Waals surface area contributed by atoms with Crippen molar-refractivity contribution in [2.75, 3.05) is 0 Å². The standard InChI is InChI=1S/C15H14N4O5/c1-2-15(8-6-4-3-5-7-8)11(21)18-14(24)19(12(15)22)9-10(20)17-13(23)16-9/h3-7,9H,2H2,1H3,(H,18,21,24)(H2,16,17,20,23)/t9?,15-/m1/s1. The maximum Gasteiger partial charge on any atom is 0.333 e. The largest absolute Gasteiger partial charge is 0.333 e. The average Bonchev–Trinajstić information content (AvgIpc) is 2.87. The van der Waals surface area contributed by atoms with E-state index in [4.69, 9.17) is 0 Å². The average molecular weight is 330 g/mol. The van der Waals surface area contributed by atoms with E-state index in [9.17, 15) is 24.0 Å². The van der Waals surface area contributed by atoms with Crippen LogP contribution in [0.4, 0.5) is 9.59 Å². The first kappa shape index (κ1) is 15.7. The van der Waals surface area contributed by atoms with Gasteiger partial charge in [-0.25, -0.2) is 14.5 Å². The third-order valence-electron chi connectivity index (χ3n) is 4.22. The molecule has 0 saturated carbocycles. The highest BCUT2D eigenvalue weighted by atomic mass is 16.2. The van der Waals surface area contributed by atoms with E-state index in [0.29, 0.717) is 10.5 Å². The predicted molar refractivity (Wildman–Crippen MR) is 79.3 cm³/mol. The number of nitrogens with one attached hydrogen (secondary N) is 3. The van der Waals surface area contributed by atoms with Crippen LogP contribution in [-0.2, 0) is 19.8 Å². The summed E-state index contributed by atoms with van der Waals surface area (Å²) in [5.74, 6) is -2.45. The Labute approximate surface area is 136 Å². The second kappa shape index (κ2) is 5.44. The summed E-state index contributed by atoms with van der Waals surface area (Å²) in [6.45, 7) is 1.63. The predicted octanol–water partition coefficient (Wildman–Crippen LogP) is -0.422. The van der Waals surface area contributed by atoms with Gasteiger partial charge in [0.2, 0.25) is 5.91 Å². The highest BCUT2D eigenvalue weighted by molar-refractivity contribution is 6.24. The molecule has 9 nitrogen and oxygen atoms in total. The van der Waals surface area contributed by atoms with Crippen LogP contribution in [0.5, 0.6) is 0 Å². The Bertz CT molecular complexity index is 762. The summed E-state index contributed by atoms with van der Waals surface area (Å²) >= 11 is 0. The van der Waals surface area contributed by atoms with Gasteiger partial charge in [0.25, 0.3) is 11.8 Å². The van der Waals surface area contributed by atoms with Crippen LogP contribution in [-0.4, -0.2) is 40.8 Å². The molecule has 3 N–H and O–H groups in total. The number of hydrogen-bond donors (Lipinski definition) is 3. The first-order valence-corrected chi connectivity index (χ1v) is 7.27. The Morgan fingerprint density at radius 3 is 2.25 bits per heavy atom. The third-order valence-corrected chi connectivity index (χ3v) is 4.22. The zero-order chi connectivity index (χ0) is 17.5. The van der Waals surface area contributed by atoms with Crippen LogP contribution >= 0.6 is 0 Å². The lowest BCUT2D eigenvalue weighted by atomic mass is 9.74. The van der Waals surface area contributed by atoms with Crippen LogP contribution in [0, 0.1) is 0 Å². The first-order valence-electron chi connectivity index (χ1n) is 7.27. The molecule has 2 aliphatic rings. The number of benzene rings is 1. The molecule has 0 spiro atoms. The van der Waals surface area contributed by atoms with Crippen molar-refractivity contribution in [2.45, 2.75) is 24.9 Å². The molecule has 24 heavy (non-hydrogen) atoms. The van der Waals surface area contributed by atoms with E-state index >= 15 is 0 Å². The van der Waals surface area contributed by atoms with E-state index in [1.807, 2.05) is 5.32 Å². The number of imide groups is 3. The number of carbonyl (C=O) groups is 5. The van der Waals surface area contributed by atoms with E-state index in [1.165, 1.54) is 0 Å². The molecular formula is C15H14N4O5. The van der Waals surface area contributed by atoms with E-state index in [1.54, 1.807) is 37.3 Å². The van der Waals surface area contributed by atoms with Crippen molar-refractivity contribution in [1.82, 2.24) is 20.9 Å². The molecule has 1 aromatic carbocycles. The molecule has 9 heteroatoms. The fourth-order valence-electron chi connectivity index (χ4n) is 2.97. The highest BCUT2D eigenvalue weighted by Gasteiger charge is 2.57. The van der Waals surface area contributed by atoms with Crippen LogP contribution in [0.15, 0.2) is 30.3 Å². The number of barbiturate groups is 1. The maximum atomic E-state index is 13.1. The maximum absolute atomic E-state index is 13.1. The van der Waals surface area contributed by atoms with Gasteiger partial charge in [0.05, 0.1) is 0 Å². The monoisotopic (exact) mass is 330 g/mol. The van der Waals surface area contributed by atoms with Gasteiger partial charge in [-0.1, -0.05) is 37.3 Å². The number of amides is 7. The molecule has 0 radical (unpaired) electrons. The summed E-state index contributed by atoms with van der Waals surface area (Å²) in [6, 6.07) is 6.39. The van der Waals surface area contributed by atoms with Gasteiger partial charge in [-0.2, -0.15) is 0 Å². The Balaban J connectivity index is 2.09. The molecule has 7 amide bonds. The van der Waals surface area contributed by atoms with Gasteiger partial charge < -0.3 is 5.32 Å². The number of nitrogens with zero attached hydrogens (tertiary/aromatic N) is 1. The minimum atomic E-state index is -1.65. The number of rotatable bonds is 3. The molecule has 2 heterocycles. The number of urea groups is 2. The minimum absolute atomic E-state index is 0.0771. The Morgan fingerprint density at radius 2 is 1.71 bits per heavy atom. The molecule has 2 fully saturated rings. The van der Waals surface area contributed by atoms with Crippen LogP contribution < -0.4 is 16.0 Å². The van der Waals surface area contributed by atoms with Gasteiger partial charge >= 0.3 is 12.1 Å².